The highest BCUT2D eigenvalue weighted by Crippen LogP contribution is 2.76. The van der Waals surface area contributed by atoms with Gasteiger partial charge in [0.25, 0.3) is 0 Å². The summed E-state index contributed by atoms with van der Waals surface area (Å²) >= 11 is 0. The summed E-state index contributed by atoms with van der Waals surface area (Å²) in [6.07, 6.45) is -41.7. The molecule has 33 heteroatoms. The number of hydrogen-bond acceptors (Lipinski definition) is 33. The summed E-state index contributed by atoms with van der Waals surface area (Å²) in [6, 6.07) is 0. The van der Waals surface area contributed by atoms with Crippen molar-refractivity contribution in [1.29, 1.82) is 0 Å². The lowest BCUT2D eigenvalue weighted by Crippen LogP contribution is -2.68. The van der Waals surface area contributed by atoms with Crippen molar-refractivity contribution in [1.82, 2.24) is 0 Å². The molecule has 0 bridgehead atoms. The minimum atomic E-state index is -2.24. The molecule has 7 heterocycles. The molecule has 12 aliphatic rings. The molecule has 0 aromatic carbocycles. The summed E-state index contributed by atoms with van der Waals surface area (Å²) in [7, 11) is 0. The van der Waals surface area contributed by atoms with Crippen LogP contribution in [0.5, 0.6) is 0 Å². The smallest absolute Gasteiger partial charge is 0.317 e. The Morgan fingerprint density at radius 3 is 1.74 bits per heavy atom. The van der Waals surface area contributed by atoms with Crippen LogP contribution in [0.4, 0.5) is 0 Å². The molecule has 0 aromatic rings. The van der Waals surface area contributed by atoms with Crippen LogP contribution in [0.3, 0.4) is 0 Å². The van der Waals surface area contributed by atoms with Gasteiger partial charge in [0.2, 0.25) is 6.29 Å². The second kappa shape index (κ2) is 28.8. The second-order valence-corrected chi connectivity index (χ2v) is 32.7. The third-order valence-electron chi connectivity index (χ3n) is 25.9. The van der Waals surface area contributed by atoms with Gasteiger partial charge in [-0.05, 0) is 110 Å². The van der Waals surface area contributed by atoms with Gasteiger partial charge in [0.1, 0.15) is 127 Å². The Bertz CT molecular complexity index is 2860. The van der Waals surface area contributed by atoms with E-state index < -0.39 is 263 Å². The maximum absolute atomic E-state index is 15.7. The van der Waals surface area contributed by atoms with Gasteiger partial charge in [-0.15, -0.1) is 0 Å². The standard InChI is InChI=1S/C67H108O33/c1-26-48(96-55-46(82)49(32(72)22-89-55)97-54-44(80)39(75)30(70)20-88-54)50(98-59-52(84)66(86,24-68)25-92-59)47(83)57(93-26)99-51-40(76)31(71)21-90-58(51)100-60(85)67-16-15-61(2,3)17-28(67)27-9-10-35-63(6)13-12-37(62(4,5)34(63)11-14-64(35,7)65(27,8)18-36(67)73)95-56-45(81)42(78)41(77)33(94-56)23-91-53-43(79)38(74)29(69)19-87-53/h9,26,28-59,68-84,86H,10-25H2,1-8H3. The largest absolute Gasteiger partial charge is 0.432 e. The van der Waals surface area contributed by atoms with Gasteiger partial charge in [0.05, 0.1) is 64.6 Å². The molecule has 7 saturated heterocycles. The van der Waals surface area contributed by atoms with Crippen molar-refractivity contribution >= 4 is 5.97 Å². The van der Waals surface area contributed by atoms with E-state index in [1.807, 2.05) is 0 Å². The number of allylic oxidation sites excluding steroid dienone is 2. The highest BCUT2D eigenvalue weighted by atomic mass is 16.8. The lowest BCUT2D eigenvalue weighted by Gasteiger charge is -2.71. The van der Waals surface area contributed by atoms with E-state index >= 15 is 4.79 Å². The second-order valence-electron chi connectivity index (χ2n) is 32.7. The minimum Gasteiger partial charge on any atom is -0.432 e. The van der Waals surface area contributed by atoms with Crippen LogP contribution in [0.25, 0.3) is 0 Å². The van der Waals surface area contributed by atoms with Crippen molar-refractivity contribution < 1.29 is 163 Å². The zero-order valence-corrected chi connectivity index (χ0v) is 57.6. The maximum atomic E-state index is 15.7. The molecule has 7 aliphatic heterocycles. The number of carbonyl (C=O) groups is 1. The molecule has 4 saturated carbocycles. The molecule has 12 rings (SSSR count). The van der Waals surface area contributed by atoms with Crippen LogP contribution in [0.2, 0.25) is 0 Å². The molecule has 0 aromatic heterocycles. The van der Waals surface area contributed by atoms with Gasteiger partial charge in [-0.2, -0.15) is 0 Å². The first kappa shape index (κ1) is 77.6. The third kappa shape index (κ3) is 13.3. The fraction of sp³-hybridized carbons (Fsp3) is 0.955. The minimum absolute atomic E-state index is 0.0390. The van der Waals surface area contributed by atoms with Crippen molar-refractivity contribution in [3.8, 4) is 0 Å². The highest BCUT2D eigenvalue weighted by molar-refractivity contribution is 5.80. The Morgan fingerprint density at radius 2 is 1.08 bits per heavy atom. The number of ether oxygens (including phenoxy) is 14. The van der Waals surface area contributed by atoms with Crippen molar-refractivity contribution in [2.75, 3.05) is 46.2 Å². The van der Waals surface area contributed by atoms with Crippen LogP contribution in [0, 0.1) is 50.2 Å². The number of aliphatic hydroxyl groups is 18. The Balaban J connectivity index is 0.760. The summed E-state index contributed by atoms with van der Waals surface area (Å²) in [5.41, 5.74) is -5.13. The van der Waals surface area contributed by atoms with Crippen molar-refractivity contribution in [3.63, 3.8) is 0 Å². The molecule has 0 amide bonds. The van der Waals surface area contributed by atoms with Crippen LogP contribution in [0.15, 0.2) is 11.6 Å². The van der Waals surface area contributed by atoms with E-state index in [1.165, 1.54) is 6.92 Å². The van der Waals surface area contributed by atoms with Gasteiger partial charge in [0.15, 0.2) is 43.8 Å². The summed E-state index contributed by atoms with van der Waals surface area (Å²) in [6.45, 7) is 12.8. The zero-order chi connectivity index (χ0) is 72.6. The van der Waals surface area contributed by atoms with E-state index in [4.69, 9.17) is 66.3 Å². The topological polar surface area (TPSA) is 510 Å². The van der Waals surface area contributed by atoms with Crippen LogP contribution in [-0.2, 0) is 71.1 Å². The normalized spacial score (nSPS) is 54.7. The van der Waals surface area contributed by atoms with Gasteiger partial charge in [0, 0.05) is 0 Å². The molecule has 38 atom stereocenters. The molecule has 0 spiro atoms. The molecule has 18 N–H and O–H groups in total. The SMILES string of the molecule is CC1OC(OC2C(OC(=O)C34CCC(C)(C)CC3C3=CCC5C6(C)CCC(OC7OC(COC8OCC(O)C(O)C8O)C(O)C(O)C7O)C(C)(C)C6CCC5(C)C3(C)CC4O)OCC(O)C2O)C(O)C(OC2OCC(O)(CO)C2O)C1OC1OCC(O)C(OC2OCC(O)C(O)C2O)C1O. The molecule has 5 aliphatic carbocycles. The number of aliphatic hydroxyl groups excluding tert-OH is 17. The fourth-order valence-electron chi connectivity index (χ4n) is 19.5. The molecule has 33 nitrogen and oxygen atoms in total. The maximum Gasteiger partial charge on any atom is 0.317 e. The van der Waals surface area contributed by atoms with Crippen LogP contribution in [0.1, 0.15) is 113 Å². The predicted octanol–water partition coefficient (Wildman–Crippen LogP) is -5.37. The van der Waals surface area contributed by atoms with Crippen molar-refractivity contribution in [2.45, 2.75) is 303 Å². The molecule has 38 unspecified atom stereocenters. The van der Waals surface area contributed by atoms with E-state index in [0.717, 1.165) is 12.0 Å². The van der Waals surface area contributed by atoms with E-state index in [2.05, 4.69) is 54.5 Å². The first-order valence-electron chi connectivity index (χ1n) is 35.3. The Morgan fingerprint density at radius 1 is 0.520 bits per heavy atom. The van der Waals surface area contributed by atoms with Crippen molar-refractivity contribution in [3.05, 3.63) is 11.6 Å². The average Bonchev–Trinajstić information content (AvgIpc) is 0.729. The van der Waals surface area contributed by atoms with E-state index in [-0.39, 0.29) is 42.1 Å². The fourth-order valence-corrected chi connectivity index (χ4v) is 19.5. The quantitative estimate of drug-likeness (QED) is 0.0390. The van der Waals surface area contributed by atoms with E-state index in [9.17, 15) is 91.9 Å². The lowest BCUT2D eigenvalue weighted by molar-refractivity contribution is -0.386. The Hall–Kier alpha value is -2.03. The van der Waals surface area contributed by atoms with Gasteiger partial charge in [-0.25, -0.2) is 0 Å². The highest BCUT2D eigenvalue weighted by Gasteiger charge is 2.73. The summed E-state index contributed by atoms with van der Waals surface area (Å²) in [4.78, 5) is 15.7. The molecular formula is C67H108O33. The number of fused-ring (bicyclic) bond motifs is 7. The summed E-state index contributed by atoms with van der Waals surface area (Å²) in [5, 5.41) is 198. The number of carbonyl (C=O) groups excluding carboxylic acids is 1. The number of hydrogen-bond donors (Lipinski definition) is 18. The molecule has 0 radical (unpaired) electrons. The predicted molar refractivity (Wildman–Crippen MR) is 331 cm³/mol. The van der Waals surface area contributed by atoms with Gasteiger partial charge >= 0.3 is 5.97 Å². The molecular weight excluding hydrogens is 1330 g/mol. The first-order chi connectivity index (χ1) is 46.9. The van der Waals surface area contributed by atoms with Gasteiger partial charge < -0.3 is 158 Å². The monoisotopic (exact) mass is 1440 g/mol. The van der Waals surface area contributed by atoms with Crippen LogP contribution >= 0.6 is 0 Å². The van der Waals surface area contributed by atoms with Gasteiger partial charge in [-0.1, -0.05) is 60.1 Å². The molecule has 574 valence electrons. The molecule has 11 fully saturated rings. The molecule has 100 heavy (non-hydrogen) atoms. The zero-order valence-electron chi connectivity index (χ0n) is 57.6. The van der Waals surface area contributed by atoms with E-state index in [1.54, 1.807) is 0 Å². The number of esters is 1. The van der Waals surface area contributed by atoms with Gasteiger partial charge in [-0.3, -0.25) is 4.79 Å². The van der Waals surface area contributed by atoms with Crippen LogP contribution < -0.4 is 0 Å². The summed E-state index contributed by atoms with van der Waals surface area (Å²) < 4.78 is 83.5. The van der Waals surface area contributed by atoms with Crippen molar-refractivity contribution in [2.24, 2.45) is 50.2 Å². The third-order valence-corrected chi connectivity index (χ3v) is 25.9. The first-order valence-corrected chi connectivity index (χ1v) is 35.3. The Labute approximate surface area is 578 Å². The van der Waals surface area contributed by atoms with Crippen LogP contribution in [-0.4, -0.2) is 334 Å². The lowest BCUT2D eigenvalue weighted by atomic mass is 9.33. The van der Waals surface area contributed by atoms with E-state index in [0.29, 0.717) is 38.5 Å². The average molecular weight is 1440 g/mol. The number of rotatable bonds is 16. The summed E-state index contributed by atoms with van der Waals surface area (Å²) in [5.74, 6) is -1.34. The Kier molecular flexibility index (Phi) is 22.4.